The Morgan fingerprint density at radius 1 is 1.11 bits per heavy atom. The van der Waals surface area contributed by atoms with Crippen LogP contribution in [-0.2, 0) is 14.4 Å². The van der Waals surface area contributed by atoms with E-state index in [0.29, 0.717) is 18.7 Å². The van der Waals surface area contributed by atoms with Gasteiger partial charge in [0.15, 0.2) is 5.78 Å². The number of ketones is 1. The molecule has 9 heteroatoms. The molecule has 0 bridgehead atoms. The Morgan fingerprint density at radius 3 is 2.39 bits per heavy atom. The van der Waals surface area contributed by atoms with Crippen molar-refractivity contribution in [3.05, 3.63) is 36.0 Å². The monoisotopic (exact) mass is 542 g/mol. The summed E-state index contributed by atoms with van der Waals surface area (Å²) in [5.41, 5.74) is 1.14. The van der Waals surface area contributed by atoms with Crippen molar-refractivity contribution in [2.45, 2.75) is 66.1 Å². The van der Waals surface area contributed by atoms with E-state index < -0.39 is 18.1 Å². The fraction of sp³-hybridized carbons (Fsp3) is 0.586. The second-order valence-electron chi connectivity index (χ2n) is 12.1. The number of nitrogens with zero attached hydrogens (tertiary/aromatic N) is 1. The maximum absolute atomic E-state index is 14.0. The highest BCUT2D eigenvalue weighted by molar-refractivity contribution is 6.28. The number of piperidine rings is 1. The van der Waals surface area contributed by atoms with E-state index in [9.17, 15) is 19.2 Å². The third kappa shape index (κ3) is 5.33. The van der Waals surface area contributed by atoms with E-state index in [1.54, 1.807) is 11.0 Å². The maximum Gasteiger partial charge on any atom is 0.268 e. The van der Waals surface area contributed by atoms with Gasteiger partial charge in [0.1, 0.15) is 17.8 Å². The molecule has 3 amide bonds. The Bertz CT molecular complexity index is 1200. The predicted octanol–water partition coefficient (Wildman–Crippen LogP) is 3.74. The van der Waals surface area contributed by atoms with Crippen LogP contribution in [0, 0.1) is 29.1 Å². The Labute approximate surface area is 229 Å². The van der Waals surface area contributed by atoms with Gasteiger partial charge in [-0.1, -0.05) is 59.7 Å². The molecule has 4 rings (SSSR count). The van der Waals surface area contributed by atoms with Crippen LogP contribution >= 0.6 is 11.6 Å². The van der Waals surface area contributed by atoms with Crippen LogP contribution in [0.1, 0.15) is 58.5 Å². The van der Waals surface area contributed by atoms with Crippen LogP contribution < -0.4 is 10.6 Å². The minimum absolute atomic E-state index is 0.00512. The number of amides is 3. The molecule has 8 nitrogen and oxygen atoms in total. The van der Waals surface area contributed by atoms with Crippen LogP contribution in [0.3, 0.4) is 0 Å². The van der Waals surface area contributed by atoms with Crippen molar-refractivity contribution in [2.24, 2.45) is 29.1 Å². The molecule has 0 spiro atoms. The lowest BCUT2D eigenvalue weighted by molar-refractivity contribution is -0.143. The summed E-state index contributed by atoms with van der Waals surface area (Å²) in [7, 11) is 0. The number of H-pyrrole nitrogens is 1. The zero-order valence-corrected chi connectivity index (χ0v) is 23.8. The molecule has 0 radical (unpaired) electrons. The van der Waals surface area contributed by atoms with E-state index in [2.05, 4.69) is 29.5 Å². The summed E-state index contributed by atoms with van der Waals surface area (Å²) in [5.74, 6) is -1.22. The first-order chi connectivity index (χ1) is 17.9. The van der Waals surface area contributed by atoms with Crippen molar-refractivity contribution in [3.63, 3.8) is 0 Å². The van der Waals surface area contributed by atoms with E-state index in [1.165, 1.54) is 0 Å². The number of likely N-dealkylation sites (tertiary alicyclic amines) is 1. The summed E-state index contributed by atoms with van der Waals surface area (Å²) in [6.45, 7) is 12.4. The zero-order chi connectivity index (χ0) is 27.9. The van der Waals surface area contributed by atoms with Gasteiger partial charge in [-0.15, -0.1) is 11.6 Å². The summed E-state index contributed by atoms with van der Waals surface area (Å²) in [5, 5.41) is 6.74. The van der Waals surface area contributed by atoms with Crippen LogP contribution in [0.2, 0.25) is 0 Å². The highest BCUT2D eigenvalue weighted by Crippen LogP contribution is 2.65. The molecule has 2 heterocycles. The topological polar surface area (TPSA) is 111 Å². The van der Waals surface area contributed by atoms with Gasteiger partial charge in [-0.05, 0) is 47.6 Å². The molecule has 2 aliphatic rings. The molecule has 5 atom stereocenters. The van der Waals surface area contributed by atoms with Crippen molar-refractivity contribution < 1.29 is 19.2 Å². The van der Waals surface area contributed by atoms with Gasteiger partial charge in [-0.25, -0.2) is 0 Å². The zero-order valence-electron chi connectivity index (χ0n) is 23.0. The summed E-state index contributed by atoms with van der Waals surface area (Å²) < 4.78 is 0. The van der Waals surface area contributed by atoms with E-state index in [1.807, 2.05) is 52.0 Å². The minimum Gasteiger partial charge on any atom is -0.351 e. The quantitative estimate of drug-likeness (QED) is 0.397. The predicted molar refractivity (Wildman–Crippen MR) is 148 cm³/mol. The molecule has 2 aromatic rings. The lowest BCUT2D eigenvalue weighted by atomic mass is 9.96. The van der Waals surface area contributed by atoms with Gasteiger partial charge in [-0.2, -0.15) is 0 Å². The summed E-state index contributed by atoms with van der Waals surface area (Å²) >= 11 is 5.80. The average Bonchev–Trinajstić information content (AvgIpc) is 3.24. The number of aromatic nitrogens is 1. The van der Waals surface area contributed by atoms with E-state index >= 15 is 0 Å². The summed E-state index contributed by atoms with van der Waals surface area (Å²) in [6.07, 6.45) is 0.438. The third-order valence-electron chi connectivity index (χ3n) is 8.29. The summed E-state index contributed by atoms with van der Waals surface area (Å²) in [6, 6.07) is 7.17. The fourth-order valence-corrected chi connectivity index (χ4v) is 6.24. The molecular weight excluding hydrogens is 504 g/mol. The second-order valence-corrected chi connectivity index (χ2v) is 12.4. The van der Waals surface area contributed by atoms with E-state index in [4.69, 9.17) is 11.6 Å². The number of rotatable bonds is 10. The highest BCUT2D eigenvalue weighted by atomic mass is 35.5. The first-order valence-corrected chi connectivity index (χ1v) is 14.0. The van der Waals surface area contributed by atoms with Crippen molar-refractivity contribution in [3.8, 4) is 0 Å². The Kier molecular flexibility index (Phi) is 7.94. The van der Waals surface area contributed by atoms with Crippen LogP contribution in [0.25, 0.3) is 10.9 Å². The standard InChI is InChI=1S/C29H39ClN4O4/c1-15(2)11-21(32-26(36)20-12-17-9-7-8-10-19(17)31-20)28(38)34-14-18-23(29(18,5)6)25(34)27(37)33-24(16(3)4)22(35)13-30/h7-10,12,15-16,18,21,23-25,31H,11,13-14H2,1-6H3,(H,32,36)(H,33,37)/t18-,21-,23-,24?,25-/m0/s1. The Balaban J connectivity index is 1.56. The second kappa shape index (κ2) is 10.7. The molecule has 1 unspecified atom stereocenters. The minimum atomic E-state index is -0.782. The molecule has 1 aliphatic carbocycles. The number of alkyl halides is 1. The first-order valence-electron chi connectivity index (χ1n) is 13.4. The number of hydrogen-bond acceptors (Lipinski definition) is 4. The number of carbonyl (C=O) groups is 4. The summed E-state index contributed by atoms with van der Waals surface area (Å²) in [4.78, 5) is 57.9. The first kappa shape index (κ1) is 28.1. The number of fused-ring (bicyclic) bond motifs is 2. The van der Waals surface area contributed by atoms with Crippen LogP contribution in [-0.4, -0.2) is 63.9 Å². The average molecular weight is 543 g/mol. The van der Waals surface area contributed by atoms with Crippen LogP contribution in [0.15, 0.2) is 30.3 Å². The number of Topliss-reactive ketones (excluding diaryl/α,β-unsaturated/α-hetero) is 1. The van der Waals surface area contributed by atoms with Crippen molar-refractivity contribution >= 4 is 46.0 Å². The van der Waals surface area contributed by atoms with Gasteiger partial charge in [0.25, 0.3) is 5.91 Å². The molecule has 206 valence electrons. The van der Waals surface area contributed by atoms with Crippen molar-refractivity contribution in [1.82, 2.24) is 20.5 Å². The number of aromatic amines is 1. The van der Waals surface area contributed by atoms with Gasteiger partial charge < -0.3 is 20.5 Å². The number of nitrogens with one attached hydrogen (secondary N) is 3. The van der Waals surface area contributed by atoms with E-state index in [-0.39, 0.29) is 58.5 Å². The SMILES string of the molecule is CC(C)C[C@H](NC(=O)c1cc2ccccc2[nH]1)C(=O)N1C[C@H]2[C@@H]([C@H]1C(=O)NC(C(=O)CCl)C(C)C)C2(C)C. The molecule has 38 heavy (non-hydrogen) atoms. The largest absolute Gasteiger partial charge is 0.351 e. The van der Waals surface area contributed by atoms with Gasteiger partial charge >= 0.3 is 0 Å². The molecule has 3 N–H and O–H groups in total. The molecule has 1 aliphatic heterocycles. The maximum atomic E-state index is 14.0. The van der Waals surface area contributed by atoms with Gasteiger partial charge in [0.05, 0.1) is 11.9 Å². The lowest BCUT2D eigenvalue weighted by Gasteiger charge is -2.34. The molecule has 1 aromatic carbocycles. The normalized spacial score (nSPS) is 23.3. The molecule has 1 saturated carbocycles. The van der Waals surface area contributed by atoms with Gasteiger partial charge in [-0.3, -0.25) is 19.2 Å². The molecule has 1 saturated heterocycles. The Morgan fingerprint density at radius 2 is 1.79 bits per heavy atom. The molecular formula is C29H39ClN4O4. The lowest BCUT2D eigenvalue weighted by Crippen LogP contribution is -2.58. The number of carbonyl (C=O) groups excluding carboxylic acids is 4. The number of halogens is 1. The van der Waals surface area contributed by atoms with Crippen LogP contribution in [0.4, 0.5) is 0 Å². The fourth-order valence-electron chi connectivity index (χ4n) is 6.08. The van der Waals surface area contributed by atoms with Gasteiger partial charge in [0, 0.05) is 17.4 Å². The van der Waals surface area contributed by atoms with Crippen molar-refractivity contribution in [2.75, 3.05) is 12.4 Å². The number of para-hydroxylation sites is 1. The smallest absolute Gasteiger partial charge is 0.268 e. The number of hydrogen-bond donors (Lipinski definition) is 3. The highest BCUT2D eigenvalue weighted by Gasteiger charge is 2.69. The van der Waals surface area contributed by atoms with Crippen LogP contribution in [0.5, 0.6) is 0 Å². The Hall–Kier alpha value is -2.87. The van der Waals surface area contributed by atoms with Gasteiger partial charge in [0.2, 0.25) is 11.8 Å². The molecule has 1 aromatic heterocycles. The van der Waals surface area contributed by atoms with E-state index in [0.717, 1.165) is 10.9 Å². The number of benzene rings is 1. The molecule has 2 fully saturated rings. The third-order valence-corrected chi connectivity index (χ3v) is 8.55. The van der Waals surface area contributed by atoms with Crippen molar-refractivity contribution in [1.29, 1.82) is 0 Å².